The lowest BCUT2D eigenvalue weighted by Gasteiger charge is -2.31. The van der Waals surface area contributed by atoms with E-state index in [1.54, 1.807) is 0 Å². The Balaban J connectivity index is 1.21. The summed E-state index contributed by atoms with van der Waals surface area (Å²) in [5.74, 6) is 7.62. The van der Waals surface area contributed by atoms with E-state index in [1.165, 1.54) is 54.9 Å². The van der Waals surface area contributed by atoms with Gasteiger partial charge in [0.15, 0.2) is 0 Å². The summed E-state index contributed by atoms with van der Waals surface area (Å²) in [4.78, 5) is 5.35. The van der Waals surface area contributed by atoms with Crippen molar-refractivity contribution in [2.45, 2.75) is 44.9 Å². The Morgan fingerprint density at radius 3 is 2.67 bits per heavy atom. The van der Waals surface area contributed by atoms with E-state index >= 15 is 0 Å². The van der Waals surface area contributed by atoms with E-state index in [1.807, 2.05) is 6.08 Å². The van der Waals surface area contributed by atoms with Gasteiger partial charge in [-0.1, -0.05) is 110 Å². The van der Waals surface area contributed by atoms with Crippen molar-refractivity contribution in [1.82, 2.24) is 10.3 Å². The number of nitrogens with one attached hydrogen (secondary N) is 1. The maximum absolute atomic E-state index is 5.35. The first-order valence-electron chi connectivity index (χ1n) is 16.5. The van der Waals surface area contributed by atoms with Crippen LogP contribution in [0.1, 0.15) is 61.8 Å². The highest BCUT2D eigenvalue weighted by molar-refractivity contribution is 5.98. The largest absolute Gasteiger partial charge is 0.381 e. The van der Waals surface area contributed by atoms with Crippen molar-refractivity contribution in [2.24, 2.45) is 11.8 Å². The molecule has 0 radical (unpaired) electrons. The van der Waals surface area contributed by atoms with E-state index in [4.69, 9.17) is 4.98 Å². The monoisotopic (exact) mass is 582 g/mol. The molecule has 3 unspecified atom stereocenters. The lowest BCUT2D eigenvalue weighted by atomic mass is 9.78. The first kappa shape index (κ1) is 27.7. The highest BCUT2D eigenvalue weighted by atomic mass is 14.9. The van der Waals surface area contributed by atoms with Crippen LogP contribution in [0.5, 0.6) is 0 Å². The second kappa shape index (κ2) is 11.9. The van der Waals surface area contributed by atoms with Crippen LogP contribution in [0.15, 0.2) is 120 Å². The quantitative estimate of drug-likeness (QED) is 0.315. The van der Waals surface area contributed by atoms with Gasteiger partial charge in [0, 0.05) is 35.9 Å². The predicted octanol–water partition coefficient (Wildman–Crippen LogP) is 8.06. The number of aromatic nitrogens is 1. The second-order valence-corrected chi connectivity index (χ2v) is 12.9. The zero-order valence-corrected chi connectivity index (χ0v) is 25.9. The topological polar surface area (TPSA) is 24.9 Å². The first-order valence-corrected chi connectivity index (χ1v) is 16.5. The van der Waals surface area contributed by atoms with Crippen LogP contribution in [0.25, 0.3) is 34.2 Å². The van der Waals surface area contributed by atoms with Gasteiger partial charge in [-0.25, -0.2) is 4.98 Å². The number of nitrogens with zero attached hydrogens (tertiary/aromatic N) is 1. The Morgan fingerprint density at radius 2 is 1.80 bits per heavy atom. The van der Waals surface area contributed by atoms with Gasteiger partial charge in [-0.05, 0) is 99.7 Å². The molecule has 2 heterocycles. The molecule has 220 valence electrons. The molecule has 45 heavy (non-hydrogen) atoms. The van der Waals surface area contributed by atoms with Crippen LogP contribution in [-0.2, 0) is 0 Å². The molecule has 0 fully saturated rings. The lowest BCUT2D eigenvalue weighted by molar-refractivity contribution is 0.638. The fourth-order valence-corrected chi connectivity index (χ4v) is 7.43. The summed E-state index contributed by atoms with van der Waals surface area (Å²) >= 11 is 0. The third kappa shape index (κ3) is 5.49. The number of pyridine rings is 1. The minimum absolute atomic E-state index is 0.308. The second-order valence-electron chi connectivity index (χ2n) is 12.9. The lowest BCUT2D eigenvalue weighted by Crippen LogP contribution is -2.26. The Hall–Kier alpha value is -4.87. The van der Waals surface area contributed by atoms with Gasteiger partial charge in [-0.2, -0.15) is 0 Å². The molecular formula is C43H38N2. The average molecular weight is 583 g/mol. The number of fused-ring (bicyclic) bond motifs is 2. The Kier molecular flexibility index (Phi) is 7.32. The van der Waals surface area contributed by atoms with Gasteiger partial charge in [-0.15, -0.1) is 0 Å². The van der Waals surface area contributed by atoms with Crippen molar-refractivity contribution in [3.8, 4) is 11.8 Å². The Morgan fingerprint density at radius 1 is 0.889 bits per heavy atom. The number of rotatable bonds is 4. The number of benzene rings is 2. The summed E-state index contributed by atoms with van der Waals surface area (Å²) in [7, 11) is 0. The smallest absolute Gasteiger partial charge is 0.0718 e. The molecule has 0 spiro atoms. The van der Waals surface area contributed by atoms with E-state index in [0.29, 0.717) is 17.8 Å². The van der Waals surface area contributed by atoms with Crippen molar-refractivity contribution in [3.63, 3.8) is 0 Å². The molecule has 2 nitrogen and oxygen atoms in total. The molecule has 0 saturated heterocycles. The number of dihydropyridines is 1. The van der Waals surface area contributed by atoms with Crippen molar-refractivity contribution in [2.75, 3.05) is 6.54 Å². The summed E-state index contributed by atoms with van der Waals surface area (Å²) in [5, 5.41) is 7.44. The van der Waals surface area contributed by atoms with Crippen molar-refractivity contribution < 1.29 is 0 Å². The molecule has 1 aromatic heterocycles. The standard InChI is InChI=1S/C43H38N2/c1-29-24-37-16-9-23-44-43(37)40(25-29)33-19-17-32(18-20-33)39-28-41(36-15-8-6-13-30-12-5-7-14-34(30)26-36)45-42-27-35(21-22-38(39)42)31-10-3-2-4-11-31/h3,5,7,9-10,12-19,21-22,25-29,31,33,44H,6,8,11,20,23-24H2,1H3/b30-13+,34-26-,36-15+. The van der Waals surface area contributed by atoms with E-state index in [-0.39, 0.29) is 0 Å². The third-order valence-corrected chi connectivity index (χ3v) is 9.74. The van der Waals surface area contributed by atoms with Crippen molar-refractivity contribution >= 4 is 34.2 Å². The normalized spacial score (nSPS) is 26.2. The van der Waals surface area contributed by atoms with Gasteiger partial charge in [0.05, 0.1) is 11.2 Å². The van der Waals surface area contributed by atoms with Crippen molar-refractivity contribution in [3.05, 3.63) is 147 Å². The molecular weight excluding hydrogens is 544 g/mol. The van der Waals surface area contributed by atoms with Crippen LogP contribution in [0.2, 0.25) is 0 Å². The first-order chi connectivity index (χ1) is 22.2. The summed E-state index contributed by atoms with van der Waals surface area (Å²) < 4.78 is 0. The average Bonchev–Trinajstić information content (AvgIpc) is 3.08. The van der Waals surface area contributed by atoms with Crippen LogP contribution in [-0.4, -0.2) is 11.5 Å². The fourth-order valence-electron chi connectivity index (χ4n) is 7.43. The van der Waals surface area contributed by atoms with Gasteiger partial charge in [0.2, 0.25) is 0 Å². The molecule has 1 aliphatic heterocycles. The molecule has 3 atom stereocenters. The molecule has 8 rings (SSSR count). The Bertz CT molecular complexity index is 2110. The SMILES string of the molecule is CC1C=C(C2C=CC(c3cc(C4=C\CC\C=c5/cccc/c5=C/4)nc4cc(C5C=CC#CC5)ccc34)=CC2)C2=C(C=CCN2)C1. The van der Waals surface area contributed by atoms with Crippen LogP contribution in [0, 0.1) is 23.7 Å². The highest BCUT2D eigenvalue weighted by Crippen LogP contribution is 2.39. The Labute approximate surface area is 266 Å². The number of hydrogen-bond donors (Lipinski definition) is 1. The van der Waals surface area contributed by atoms with E-state index in [9.17, 15) is 0 Å². The van der Waals surface area contributed by atoms with Crippen LogP contribution < -0.4 is 15.8 Å². The third-order valence-electron chi connectivity index (χ3n) is 9.74. The molecule has 2 heteroatoms. The maximum Gasteiger partial charge on any atom is 0.0718 e. The van der Waals surface area contributed by atoms with Gasteiger partial charge in [-0.3, -0.25) is 0 Å². The zero-order chi connectivity index (χ0) is 30.2. The molecule has 3 aromatic rings. The zero-order valence-electron chi connectivity index (χ0n) is 25.9. The molecule has 0 amide bonds. The van der Waals surface area contributed by atoms with Crippen LogP contribution in [0.4, 0.5) is 0 Å². The van der Waals surface area contributed by atoms with Gasteiger partial charge < -0.3 is 5.32 Å². The maximum atomic E-state index is 5.35. The summed E-state index contributed by atoms with van der Waals surface area (Å²) in [5.41, 5.74) is 11.4. The van der Waals surface area contributed by atoms with Crippen LogP contribution in [0.3, 0.4) is 0 Å². The van der Waals surface area contributed by atoms with Crippen molar-refractivity contribution in [1.29, 1.82) is 0 Å². The van der Waals surface area contributed by atoms with E-state index in [2.05, 4.69) is 133 Å². The minimum atomic E-state index is 0.308. The highest BCUT2D eigenvalue weighted by Gasteiger charge is 2.26. The molecule has 0 bridgehead atoms. The molecule has 5 aliphatic rings. The predicted molar refractivity (Wildman–Crippen MR) is 189 cm³/mol. The van der Waals surface area contributed by atoms with E-state index < -0.39 is 0 Å². The number of hydrogen-bond acceptors (Lipinski definition) is 2. The molecule has 1 N–H and O–H groups in total. The summed E-state index contributed by atoms with van der Waals surface area (Å²) in [6.45, 7) is 3.25. The minimum Gasteiger partial charge on any atom is -0.381 e. The van der Waals surface area contributed by atoms with Gasteiger partial charge in [0.1, 0.15) is 0 Å². The van der Waals surface area contributed by atoms with Crippen LogP contribution >= 0.6 is 0 Å². The van der Waals surface area contributed by atoms with Gasteiger partial charge in [0.25, 0.3) is 0 Å². The number of allylic oxidation sites excluding steroid dienone is 12. The molecule has 0 saturated carbocycles. The summed E-state index contributed by atoms with van der Waals surface area (Å²) in [6, 6.07) is 17.9. The molecule has 4 aliphatic carbocycles. The summed E-state index contributed by atoms with van der Waals surface area (Å²) in [6.07, 6.45) is 30.6. The fraction of sp³-hybridized carbons (Fsp3) is 0.233. The molecule has 2 aromatic carbocycles. The van der Waals surface area contributed by atoms with E-state index in [0.717, 1.165) is 49.9 Å². The van der Waals surface area contributed by atoms with Gasteiger partial charge >= 0.3 is 0 Å².